The molecule has 136 valence electrons. The van der Waals surface area contributed by atoms with Crippen LogP contribution in [0.3, 0.4) is 0 Å². The molecule has 0 saturated carbocycles. The summed E-state index contributed by atoms with van der Waals surface area (Å²) in [5, 5.41) is 3.93. The van der Waals surface area contributed by atoms with Crippen molar-refractivity contribution in [2.24, 2.45) is 5.10 Å². The molecule has 0 bridgehead atoms. The minimum absolute atomic E-state index is 0.0538. The number of aryl methyl sites for hydroxylation is 1. The second-order valence-corrected chi connectivity index (χ2v) is 7.01. The highest BCUT2D eigenvalue weighted by atomic mass is 79.9. The average molecular weight is 424 g/mol. The number of amides is 1. The van der Waals surface area contributed by atoms with Crippen LogP contribution in [0.4, 0.5) is 0 Å². The second kappa shape index (κ2) is 8.60. The SMILES string of the molecule is Cc1cccc(Cn2cccc(C(=O)N/N=C\c3ccc(Br)cc3)c2=O)c1. The van der Waals surface area contributed by atoms with E-state index in [1.54, 1.807) is 12.3 Å². The summed E-state index contributed by atoms with van der Waals surface area (Å²) in [6.45, 7) is 2.41. The van der Waals surface area contributed by atoms with Crippen LogP contribution in [0.5, 0.6) is 0 Å². The monoisotopic (exact) mass is 423 g/mol. The molecule has 1 N–H and O–H groups in total. The van der Waals surface area contributed by atoms with E-state index < -0.39 is 5.91 Å². The highest BCUT2D eigenvalue weighted by Gasteiger charge is 2.11. The van der Waals surface area contributed by atoms with Crippen molar-refractivity contribution in [3.63, 3.8) is 0 Å². The Kier molecular flexibility index (Phi) is 5.98. The van der Waals surface area contributed by atoms with Crippen LogP contribution >= 0.6 is 15.9 Å². The van der Waals surface area contributed by atoms with E-state index in [1.165, 1.54) is 16.8 Å². The van der Waals surface area contributed by atoms with E-state index in [0.29, 0.717) is 6.54 Å². The number of halogens is 1. The predicted molar refractivity (Wildman–Crippen MR) is 110 cm³/mol. The van der Waals surface area contributed by atoms with Crippen LogP contribution in [-0.4, -0.2) is 16.7 Å². The third-order valence-corrected chi connectivity index (χ3v) is 4.48. The van der Waals surface area contributed by atoms with Crippen LogP contribution in [0.1, 0.15) is 27.0 Å². The second-order valence-electron chi connectivity index (χ2n) is 6.09. The Hall–Kier alpha value is -2.99. The van der Waals surface area contributed by atoms with Gasteiger partial charge in [-0.1, -0.05) is 57.9 Å². The summed E-state index contributed by atoms with van der Waals surface area (Å²) in [5.41, 5.74) is 5.07. The van der Waals surface area contributed by atoms with Gasteiger partial charge in [0.25, 0.3) is 11.5 Å². The van der Waals surface area contributed by atoms with Gasteiger partial charge in [-0.05, 0) is 42.3 Å². The minimum atomic E-state index is -0.535. The molecule has 0 unspecified atom stereocenters. The molecule has 1 amide bonds. The number of nitrogens with one attached hydrogen (secondary N) is 1. The first kappa shape index (κ1) is 18.8. The Morgan fingerprint density at radius 3 is 2.67 bits per heavy atom. The molecule has 0 atom stereocenters. The van der Waals surface area contributed by atoms with Gasteiger partial charge in [-0.3, -0.25) is 9.59 Å². The van der Waals surface area contributed by atoms with Gasteiger partial charge < -0.3 is 4.57 Å². The molecule has 0 aliphatic heterocycles. The third kappa shape index (κ3) is 5.01. The fourth-order valence-corrected chi connectivity index (χ4v) is 2.88. The Morgan fingerprint density at radius 1 is 1.15 bits per heavy atom. The van der Waals surface area contributed by atoms with Gasteiger partial charge in [0.1, 0.15) is 5.56 Å². The maximum atomic E-state index is 12.6. The van der Waals surface area contributed by atoms with Gasteiger partial charge in [0.2, 0.25) is 0 Å². The van der Waals surface area contributed by atoms with Gasteiger partial charge in [-0.25, -0.2) is 5.43 Å². The normalized spacial score (nSPS) is 10.9. The zero-order valence-electron chi connectivity index (χ0n) is 14.7. The van der Waals surface area contributed by atoms with Crippen LogP contribution in [0.25, 0.3) is 0 Å². The van der Waals surface area contributed by atoms with Crippen molar-refractivity contribution in [3.05, 3.63) is 104 Å². The minimum Gasteiger partial charge on any atom is -0.310 e. The molecule has 0 saturated heterocycles. The van der Waals surface area contributed by atoms with E-state index in [9.17, 15) is 9.59 Å². The maximum Gasteiger partial charge on any atom is 0.276 e. The van der Waals surface area contributed by atoms with Crippen LogP contribution in [0, 0.1) is 6.92 Å². The number of benzene rings is 2. The van der Waals surface area contributed by atoms with Gasteiger partial charge in [0, 0.05) is 10.7 Å². The topological polar surface area (TPSA) is 63.5 Å². The average Bonchev–Trinajstić information content (AvgIpc) is 2.65. The van der Waals surface area contributed by atoms with Crippen molar-refractivity contribution < 1.29 is 4.79 Å². The third-order valence-electron chi connectivity index (χ3n) is 3.95. The summed E-state index contributed by atoms with van der Waals surface area (Å²) in [7, 11) is 0. The Labute approximate surface area is 165 Å². The smallest absolute Gasteiger partial charge is 0.276 e. The highest BCUT2D eigenvalue weighted by Crippen LogP contribution is 2.09. The first-order valence-electron chi connectivity index (χ1n) is 8.37. The molecule has 1 aromatic heterocycles. The molecule has 0 fully saturated rings. The van der Waals surface area contributed by atoms with Crippen LogP contribution in [-0.2, 0) is 6.54 Å². The van der Waals surface area contributed by atoms with E-state index in [2.05, 4.69) is 26.5 Å². The molecular weight excluding hydrogens is 406 g/mol. The standard InChI is InChI=1S/C21H18BrN3O2/c1-15-4-2-5-17(12-15)14-25-11-3-6-19(21(25)27)20(26)24-23-13-16-7-9-18(22)10-8-16/h2-13H,14H2,1H3,(H,24,26)/b23-13-. The number of hydrazone groups is 1. The fourth-order valence-electron chi connectivity index (χ4n) is 2.62. The molecule has 6 heteroatoms. The molecule has 3 aromatic rings. The Morgan fingerprint density at radius 2 is 1.93 bits per heavy atom. The van der Waals surface area contributed by atoms with Crippen molar-refractivity contribution in [1.29, 1.82) is 0 Å². The first-order chi connectivity index (χ1) is 13.0. The van der Waals surface area contributed by atoms with Crippen molar-refractivity contribution in [1.82, 2.24) is 9.99 Å². The summed E-state index contributed by atoms with van der Waals surface area (Å²) in [6, 6.07) is 18.6. The first-order valence-corrected chi connectivity index (χ1v) is 9.16. The summed E-state index contributed by atoms with van der Waals surface area (Å²) in [4.78, 5) is 24.9. The van der Waals surface area contributed by atoms with Gasteiger partial charge in [0.05, 0.1) is 12.8 Å². The number of nitrogens with zero attached hydrogens (tertiary/aromatic N) is 2. The fraction of sp³-hybridized carbons (Fsp3) is 0.0952. The highest BCUT2D eigenvalue weighted by molar-refractivity contribution is 9.10. The molecule has 0 aliphatic carbocycles. The zero-order valence-corrected chi connectivity index (χ0v) is 16.3. The van der Waals surface area contributed by atoms with Crippen molar-refractivity contribution in [2.75, 3.05) is 0 Å². The van der Waals surface area contributed by atoms with Gasteiger partial charge >= 0.3 is 0 Å². The molecule has 3 rings (SSSR count). The molecular formula is C21H18BrN3O2. The van der Waals surface area contributed by atoms with Gasteiger partial charge in [0.15, 0.2) is 0 Å². The number of pyridine rings is 1. The summed E-state index contributed by atoms with van der Waals surface area (Å²) in [6.07, 6.45) is 3.20. The predicted octanol–water partition coefficient (Wildman–Crippen LogP) is 3.73. The Balaban J connectivity index is 1.73. The summed E-state index contributed by atoms with van der Waals surface area (Å²) < 4.78 is 2.48. The number of hydrogen-bond donors (Lipinski definition) is 1. The van der Waals surface area contributed by atoms with E-state index in [-0.39, 0.29) is 11.1 Å². The maximum absolute atomic E-state index is 12.6. The van der Waals surface area contributed by atoms with E-state index in [4.69, 9.17) is 0 Å². The quantitative estimate of drug-likeness (QED) is 0.501. The van der Waals surface area contributed by atoms with Gasteiger partial charge in [-0.15, -0.1) is 0 Å². The molecule has 1 heterocycles. The lowest BCUT2D eigenvalue weighted by Gasteiger charge is -2.08. The van der Waals surface area contributed by atoms with Crippen LogP contribution in [0.15, 0.2) is 81.2 Å². The van der Waals surface area contributed by atoms with E-state index in [0.717, 1.165) is 21.2 Å². The van der Waals surface area contributed by atoms with Crippen molar-refractivity contribution >= 4 is 28.1 Å². The zero-order chi connectivity index (χ0) is 19.2. The number of carbonyl (C=O) groups is 1. The van der Waals surface area contributed by atoms with Crippen LogP contribution < -0.4 is 11.0 Å². The van der Waals surface area contributed by atoms with E-state index in [1.807, 2.05) is 55.5 Å². The van der Waals surface area contributed by atoms with Gasteiger partial charge in [-0.2, -0.15) is 5.10 Å². The molecule has 0 radical (unpaired) electrons. The molecule has 2 aromatic carbocycles. The van der Waals surface area contributed by atoms with Crippen LogP contribution in [0.2, 0.25) is 0 Å². The summed E-state index contributed by atoms with van der Waals surface area (Å²) >= 11 is 3.36. The largest absolute Gasteiger partial charge is 0.310 e. The lowest BCUT2D eigenvalue weighted by molar-refractivity contribution is 0.0953. The van der Waals surface area contributed by atoms with E-state index >= 15 is 0 Å². The molecule has 5 nitrogen and oxygen atoms in total. The molecule has 0 spiro atoms. The molecule has 0 aliphatic rings. The number of rotatable bonds is 5. The number of aromatic nitrogens is 1. The molecule has 27 heavy (non-hydrogen) atoms. The lowest BCUT2D eigenvalue weighted by atomic mass is 10.1. The van der Waals surface area contributed by atoms with Crippen molar-refractivity contribution in [3.8, 4) is 0 Å². The summed E-state index contributed by atoms with van der Waals surface area (Å²) in [5.74, 6) is -0.535. The lowest BCUT2D eigenvalue weighted by Crippen LogP contribution is -2.30. The van der Waals surface area contributed by atoms with Crippen molar-refractivity contribution in [2.45, 2.75) is 13.5 Å². The number of carbonyl (C=O) groups excluding carboxylic acids is 1. The number of hydrogen-bond acceptors (Lipinski definition) is 3. The Bertz CT molecular complexity index is 1040.